The Labute approximate surface area is 120 Å². The van der Waals surface area contributed by atoms with Crippen LogP contribution in [0.25, 0.3) is 0 Å². The molecule has 1 aliphatic rings. The van der Waals surface area contributed by atoms with Gasteiger partial charge in [0, 0.05) is 19.4 Å². The number of likely N-dealkylation sites (tertiary alicyclic amines) is 1. The zero-order valence-electron chi connectivity index (χ0n) is 12.2. The first-order chi connectivity index (χ1) is 9.63. The summed E-state index contributed by atoms with van der Waals surface area (Å²) in [6.45, 7) is 5.32. The molecule has 4 heteroatoms. The molecule has 1 aromatic carbocycles. The minimum atomic E-state index is -0.0438. The zero-order chi connectivity index (χ0) is 14.5. The summed E-state index contributed by atoms with van der Waals surface area (Å²) in [6.07, 6.45) is 1.65. The highest BCUT2D eigenvalue weighted by Crippen LogP contribution is 2.21. The number of imide groups is 1. The second-order valence-electron chi connectivity index (χ2n) is 5.22. The van der Waals surface area contributed by atoms with Crippen LogP contribution >= 0.6 is 0 Å². The highest BCUT2D eigenvalue weighted by Gasteiger charge is 2.28. The number of carbonyl (C=O) groups is 2. The molecule has 1 unspecified atom stereocenters. The molecule has 1 saturated heterocycles. The first kappa shape index (κ1) is 14.7. The average molecular weight is 274 g/mol. The molecule has 4 nitrogen and oxygen atoms in total. The molecule has 20 heavy (non-hydrogen) atoms. The Kier molecular flexibility index (Phi) is 4.90. The van der Waals surface area contributed by atoms with E-state index in [0.29, 0.717) is 25.8 Å². The number of rotatable bonds is 5. The summed E-state index contributed by atoms with van der Waals surface area (Å²) in [7, 11) is 0. The van der Waals surface area contributed by atoms with E-state index >= 15 is 0 Å². The number of nitrogens with zero attached hydrogens (tertiary/aromatic N) is 1. The molecule has 0 spiro atoms. The predicted octanol–water partition coefficient (Wildman–Crippen LogP) is 2.18. The lowest BCUT2D eigenvalue weighted by atomic mass is 9.99. The van der Waals surface area contributed by atoms with Crippen molar-refractivity contribution in [1.82, 2.24) is 10.2 Å². The first-order valence-corrected chi connectivity index (χ1v) is 7.25. The molecular weight excluding hydrogens is 252 g/mol. The second kappa shape index (κ2) is 6.66. The number of benzene rings is 1. The van der Waals surface area contributed by atoms with Crippen LogP contribution in [0.15, 0.2) is 24.3 Å². The van der Waals surface area contributed by atoms with Crippen molar-refractivity contribution in [2.24, 2.45) is 0 Å². The molecule has 2 rings (SSSR count). The third-order valence-corrected chi connectivity index (χ3v) is 3.76. The number of piperidine rings is 1. The van der Waals surface area contributed by atoms with Crippen LogP contribution in [0.4, 0.5) is 0 Å². The highest BCUT2D eigenvalue weighted by atomic mass is 16.2. The maximum atomic E-state index is 11.9. The average Bonchev–Trinajstić information content (AvgIpc) is 2.43. The van der Waals surface area contributed by atoms with Gasteiger partial charge in [-0.15, -0.1) is 0 Å². The van der Waals surface area contributed by atoms with Gasteiger partial charge in [-0.25, -0.2) is 0 Å². The molecule has 0 bridgehead atoms. The molecule has 2 amide bonds. The van der Waals surface area contributed by atoms with Gasteiger partial charge in [0.05, 0.1) is 6.04 Å². The molecule has 0 aliphatic carbocycles. The van der Waals surface area contributed by atoms with Gasteiger partial charge in [-0.3, -0.25) is 14.5 Å². The van der Waals surface area contributed by atoms with Crippen molar-refractivity contribution in [2.45, 2.75) is 39.2 Å². The summed E-state index contributed by atoms with van der Waals surface area (Å²) in [5.74, 6) is -0.0875. The van der Waals surface area contributed by atoms with Crippen LogP contribution in [0.5, 0.6) is 0 Å². The third-order valence-electron chi connectivity index (χ3n) is 3.76. The normalized spacial score (nSPS) is 17.4. The van der Waals surface area contributed by atoms with Crippen LogP contribution in [0, 0.1) is 6.92 Å². The number of hydrogen-bond acceptors (Lipinski definition) is 3. The molecule has 0 radical (unpaired) electrons. The van der Waals surface area contributed by atoms with Crippen molar-refractivity contribution < 1.29 is 9.59 Å². The van der Waals surface area contributed by atoms with Crippen LogP contribution in [0.2, 0.25) is 0 Å². The van der Waals surface area contributed by atoms with Gasteiger partial charge in [-0.2, -0.15) is 0 Å². The van der Waals surface area contributed by atoms with Crippen LogP contribution in [0.1, 0.15) is 43.4 Å². The topological polar surface area (TPSA) is 49.4 Å². The molecule has 108 valence electrons. The van der Waals surface area contributed by atoms with Crippen molar-refractivity contribution in [1.29, 1.82) is 0 Å². The van der Waals surface area contributed by atoms with E-state index in [1.54, 1.807) is 0 Å². The van der Waals surface area contributed by atoms with Crippen molar-refractivity contribution in [3.8, 4) is 0 Å². The van der Waals surface area contributed by atoms with Gasteiger partial charge < -0.3 is 5.32 Å². The molecule has 1 aliphatic heterocycles. The van der Waals surface area contributed by atoms with E-state index in [2.05, 4.69) is 24.4 Å². The molecular formula is C16H22N2O2. The molecule has 1 aromatic rings. The quantitative estimate of drug-likeness (QED) is 0.837. The number of aryl methyl sites for hydroxylation is 1. The summed E-state index contributed by atoms with van der Waals surface area (Å²) in [5, 5.41) is 3.38. The van der Waals surface area contributed by atoms with Gasteiger partial charge in [-0.1, -0.05) is 31.2 Å². The molecule has 1 N–H and O–H groups in total. The van der Waals surface area contributed by atoms with E-state index < -0.39 is 0 Å². The van der Waals surface area contributed by atoms with Gasteiger partial charge >= 0.3 is 0 Å². The van der Waals surface area contributed by atoms with Crippen LogP contribution in [-0.2, 0) is 9.59 Å². The van der Waals surface area contributed by atoms with E-state index in [-0.39, 0.29) is 17.9 Å². The predicted molar refractivity (Wildman–Crippen MR) is 78.2 cm³/mol. The summed E-state index contributed by atoms with van der Waals surface area (Å²) >= 11 is 0. The lowest BCUT2D eigenvalue weighted by molar-refractivity contribution is -0.148. The molecule has 1 atom stereocenters. The van der Waals surface area contributed by atoms with Gasteiger partial charge in [0.1, 0.15) is 0 Å². The van der Waals surface area contributed by atoms with Gasteiger partial charge in [-0.05, 0) is 31.0 Å². The van der Waals surface area contributed by atoms with Crippen LogP contribution < -0.4 is 5.32 Å². The Morgan fingerprint density at radius 1 is 1.20 bits per heavy atom. The molecule has 0 saturated carbocycles. The van der Waals surface area contributed by atoms with E-state index in [0.717, 1.165) is 12.1 Å². The monoisotopic (exact) mass is 274 g/mol. The number of nitrogens with one attached hydrogen (secondary N) is 1. The molecule has 1 fully saturated rings. The third kappa shape index (κ3) is 3.25. The minimum Gasteiger partial charge on any atom is -0.309 e. The van der Waals surface area contributed by atoms with E-state index in [9.17, 15) is 9.59 Å². The largest absolute Gasteiger partial charge is 0.309 e. The highest BCUT2D eigenvalue weighted by molar-refractivity contribution is 5.97. The van der Waals surface area contributed by atoms with E-state index in [1.165, 1.54) is 10.5 Å². The van der Waals surface area contributed by atoms with Crippen molar-refractivity contribution in [3.63, 3.8) is 0 Å². The zero-order valence-corrected chi connectivity index (χ0v) is 12.2. The Hall–Kier alpha value is -1.68. The number of carbonyl (C=O) groups excluding carboxylic acids is 2. The summed E-state index contributed by atoms with van der Waals surface area (Å²) in [5.41, 5.74) is 2.33. The van der Waals surface area contributed by atoms with E-state index in [1.807, 2.05) is 19.1 Å². The summed E-state index contributed by atoms with van der Waals surface area (Å²) < 4.78 is 0. The van der Waals surface area contributed by atoms with Crippen molar-refractivity contribution in [3.05, 3.63) is 35.4 Å². The molecule has 0 aromatic heterocycles. The summed E-state index contributed by atoms with van der Waals surface area (Å²) in [6, 6.07) is 8.11. The summed E-state index contributed by atoms with van der Waals surface area (Å²) in [4.78, 5) is 25.3. The maximum Gasteiger partial charge on any atom is 0.229 e. The van der Waals surface area contributed by atoms with Gasteiger partial charge in [0.15, 0.2) is 0 Å². The maximum absolute atomic E-state index is 11.9. The smallest absolute Gasteiger partial charge is 0.229 e. The Balaban J connectivity index is 2.19. The Bertz CT molecular complexity index is 483. The van der Waals surface area contributed by atoms with Crippen LogP contribution in [0.3, 0.4) is 0 Å². The fourth-order valence-electron chi connectivity index (χ4n) is 2.68. The first-order valence-electron chi connectivity index (χ1n) is 7.25. The number of likely N-dealkylation sites (N-methyl/N-ethyl adjacent to an activating group) is 1. The van der Waals surface area contributed by atoms with Gasteiger partial charge in [0.25, 0.3) is 0 Å². The van der Waals surface area contributed by atoms with Crippen molar-refractivity contribution in [2.75, 3.05) is 13.1 Å². The van der Waals surface area contributed by atoms with E-state index in [4.69, 9.17) is 0 Å². The Morgan fingerprint density at radius 2 is 1.85 bits per heavy atom. The standard InChI is InChI=1S/C16H22N2O2/c1-3-17-14(13-8-5-4-7-12(13)2)11-18-15(19)9-6-10-16(18)20/h4-5,7-8,14,17H,3,6,9-11H2,1-2H3. The number of hydrogen-bond donors (Lipinski definition) is 1. The minimum absolute atomic E-state index is 0.00667. The van der Waals surface area contributed by atoms with Gasteiger partial charge in [0.2, 0.25) is 11.8 Å². The Morgan fingerprint density at radius 3 is 2.45 bits per heavy atom. The SMILES string of the molecule is CCNC(CN1C(=O)CCCC1=O)c1ccccc1C. The lowest BCUT2D eigenvalue weighted by Crippen LogP contribution is -2.45. The fraction of sp³-hybridized carbons (Fsp3) is 0.500. The number of amides is 2. The lowest BCUT2D eigenvalue weighted by Gasteiger charge is -2.30. The van der Waals surface area contributed by atoms with Crippen molar-refractivity contribution >= 4 is 11.8 Å². The fourth-order valence-corrected chi connectivity index (χ4v) is 2.68. The second-order valence-corrected chi connectivity index (χ2v) is 5.22. The molecule has 1 heterocycles. The van der Waals surface area contributed by atoms with Crippen LogP contribution in [-0.4, -0.2) is 29.8 Å².